The van der Waals surface area contributed by atoms with Crippen LogP contribution >= 0.6 is 0 Å². The van der Waals surface area contributed by atoms with Crippen LogP contribution in [0.3, 0.4) is 0 Å². The summed E-state index contributed by atoms with van der Waals surface area (Å²) in [5, 5.41) is 3.04. The van der Waals surface area contributed by atoms with Gasteiger partial charge in [0.15, 0.2) is 0 Å². The van der Waals surface area contributed by atoms with Gasteiger partial charge in [0.2, 0.25) is 5.91 Å². The molecule has 4 nitrogen and oxygen atoms in total. The molecular weight excluding hydrogens is 276 g/mol. The molecule has 0 unspecified atom stereocenters. The second-order valence-corrected chi connectivity index (χ2v) is 6.45. The van der Waals surface area contributed by atoms with Crippen molar-refractivity contribution in [2.75, 3.05) is 26.7 Å². The minimum absolute atomic E-state index is 0.0923. The molecule has 0 aromatic heterocycles. The molecule has 1 aliphatic carbocycles. The molecule has 0 atom stereocenters. The minimum Gasteiger partial charge on any atom is -0.497 e. The summed E-state index contributed by atoms with van der Waals surface area (Å²) in [6, 6.07) is 6.22. The molecule has 0 saturated carbocycles. The Morgan fingerprint density at radius 1 is 1.32 bits per heavy atom. The molecule has 1 aromatic carbocycles. The molecule has 22 heavy (non-hydrogen) atoms. The number of nitrogens with one attached hydrogen (secondary N) is 1. The fourth-order valence-corrected chi connectivity index (χ4v) is 3.39. The highest BCUT2D eigenvalue weighted by molar-refractivity contribution is 6.02. The van der Waals surface area contributed by atoms with Crippen molar-refractivity contribution >= 4 is 11.6 Å². The standard InChI is InChI=1S/C18H24N2O2/c1-12(2)11-20-9-8-19-18(21)15-7-5-13-4-6-14(22-3)10-16(13)17(15)20/h4,6,10,12H,5,7-9,11H2,1-3H3,(H,19,21). The molecule has 118 valence electrons. The van der Waals surface area contributed by atoms with Gasteiger partial charge in [-0.2, -0.15) is 0 Å². The molecule has 0 saturated heterocycles. The molecule has 0 spiro atoms. The molecule has 0 fully saturated rings. The molecule has 1 amide bonds. The van der Waals surface area contributed by atoms with E-state index < -0.39 is 0 Å². The van der Waals surface area contributed by atoms with E-state index in [2.05, 4.69) is 36.2 Å². The molecular formula is C18H24N2O2. The molecule has 1 heterocycles. The summed E-state index contributed by atoms with van der Waals surface area (Å²) in [4.78, 5) is 14.8. The fourth-order valence-electron chi connectivity index (χ4n) is 3.39. The third-order valence-electron chi connectivity index (χ3n) is 4.35. The number of aryl methyl sites for hydroxylation is 1. The lowest BCUT2D eigenvalue weighted by molar-refractivity contribution is -0.117. The molecule has 1 aromatic rings. The summed E-state index contributed by atoms with van der Waals surface area (Å²) in [7, 11) is 1.69. The first-order valence-corrected chi connectivity index (χ1v) is 8.03. The van der Waals surface area contributed by atoms with Crippen molar-refractivity contribution in [1.29, 1.82) is 0 Å². The average Bonchev–Trinajstić information content (AvgIpc) is 2.66. The average molecular weight is 300 g/mol. The highest BCUT2D eigenvalue weighted by Crippen LogP contribution is 2.37. The first-order chi connectivity index (χ1) is 10.6. The van der Waals surface area contributed by atoms with Crippen molar-refractivity contribution in [3.63, 3.8) is 0 Å². The Hall–Kier alpha value is -1.97. The molecule has 1 N–H and O–H groups in total. The van der Waals surface area contributed by atoms with E-state index in [1.165, 1.54) is 11.1 Å². The largest absolute Gasteiger partial charge is 0.497 e. The molecule has 3 rings (SSSR count). The van der Waals surface area contributed by atoms with Crippen LogP contribution in [0.25, 0.3) is 5.70 Å². The number of ether oxygens (including phenoxy) is 1. The molecule has 4 heteroatoms. The molecule has 0 bridgehead atoms. The van der Waals surface area contributed by atoms with Crippen LogP contribution in [-0.2, 0) is 11.2 Å². The van der Waals surface area contributed by atoms with Gasteiger partial charge in [-0.3, -0.25) is 4.79 Å². The Morgan fingerprint density at radius 3 is 2.86 bits per heavy atom. The zero-order valence-electron chi connectivity index (χ0n) is 13.6. The van der Waals surface area contributed by atoms with Gasteiger partial charge in [-0.05, 0) is 36.5 Å². The van der Waals surface area contributed by atoms with Crippen LogP contribution in [0.1, 0.15) is 31.4 Å². The number of methoxy groups -OCH3 is 1. The van der Waals surface area contributed by atoms with Crippen molar-refractivity contribution < 1.29 is 9.53 Å². The predicted molar refractivity (Wildman–Crippen MR) is 87.7 cm³/mol. The molecule has 0 radical (unpaired) electrons. The van der Waals surface area contributed by atoms with Crippen molar-refractivity contribution in [3.05, 3.63) is 34.9 Å². The number of carbonyl (C=O) groups is 1. The number of benzene rings is 1. The summed E-state index contributed by atoms with van der Waals surface area (Å²) >= 11 is 0. The SMILES string of the molecule is COc1ccc2c(c1)C1=C(CC2)C(=O)NCCN1CC(C)C. The first-order valence-electron chi connectivity index (χ1n) is 8.03. The zero-order chi connectivity index (χ0) is 15.7. The van der Waals surface area contributed by atoms with E-state index >= 15 is 0 Å². The number of rotatable bonds is 3. The third-order valence-corrected chi connectivity index (χ3v) is 4.35. The summed E-state index contributed by atoms with van der Waals surface area (Å²) in [6.07, 6.45) is 1.73. The Bertz CT molecular complexity index is 620. The van der Waals surface area contributed by atoms with E-state index in [1.54, 1.807) is 7.11 Å². The lowest BCUT2D eigenvalue weighted by Gasteiger charge is -2.32. The number of amides is 1. The van der Waals surface area contributed by atoms with Gasteiger partial charge >= 0.3 is 0 Å². The third kappa shape index (κ3) is 2.70. The Balaban J connectivity index is 2.12. The predicted octanol–water partition coefficient (Wildman–Crippen LogP) is 2.44. The summed E-state index contributed by atoms with van der Waals surface area (Å²) < 4.78 is 5.39. The van der Waals surface area contributed by atoms with Crippen LogP contribution in [0.5, 0.6) is 5.75 Å². The topological polar surface area (TPSA) is 41.6 Å². The van der Waals surface area contributed by atoms with Gasteiger partial charge < -0.3 is 15.0 Å². The van der Waals surface area contributed by atoms with E-state index in [4.69, 9.17) is 4.74 Å². The summed E-state index contributed by atoms with van der Waals surface area (Å²) in [5.74, 6) is 1.49. The lowest BCUT2D eigenvalue weighted by atomic mass is 9.88. The van der Waals surface area contributed by atoms with E-state index in [-0.39, 0.29) is 5.91 Å². The highest BCUT2D eigenvalue weighted by atomic mass is 16.5. The quantitative estimate of drug-likeness (QED) is 0.932. The second kappa shape index (κ2) is 6.03. The maximum absolute atomic E-state index is 12.4. The molecule has 2 aliphatic rings. The van der Waals surface area contributed by atoms with E-state index in [9.17, 15) is 4.79 Å². The first kappa shape index (κ1) is 14.9. The van der Waals surface area contributed by atoms with Crippen molar-refractivity contribution in [2.24, 2.45) is 5.92 Å². The Morgan fingerprint density at radius 2 is 2.14 bits per heavy atom. The zero-order valence-corrected chi connectivity index (χ0v) is 13.6. The Labute approximate surface area is 132 Å². The van der Waals surface area contributed by atoms with Crippen LogP contribution in [-0.4, -0.2) is 37.6 Å². The summed E-state index contributed by atoms with van der Waals surface area (Å²) in [6.45, 7) is 6.97. The van der Waals surface area contributed by atoms with Crippen LogP contribution in [0.15, 0.2) is 23.8 Å². The van der Waals surface area contributed by atoms with Gasteiger partial charge in [0.1, 0.15) is 5.75 Å². The number of fused-ring (bicyclic) bond motifs is 2. The molecule has 1 aliphatic heterocycles. The van der Waals surface area contributed by atoms with Gasteiger partial charge in [-0.25, -0.2) is 0 Å². The Kier molecular flexibility index (Phi) is 4.10. The van der Waals surface area contributed by atoms with Crippen LogP contribution in [0.4, 0.5) is 0 Å². The van der Waals surface area contributed by atoms with Gasteiger partial charge in [0.25, 0.3) is 0 Å². The van der Waals surface area contributed by atoms with E-state index in [0.29, 0.717) is 12.5 Å². The van der Waals surface area contributed by atoms with Crippen LogP contribution in [0, 0.1) is 5.92 Å². The van der Waals surface area contributed by atoms with Crippen LogP contribution in [0.2, 0.25) is 0 Å². The number of hydrogen-bond acceptors (Lipinski definition) is 3. The van der Waals surface area contributed by atoms with Crippen molar-refractivity contribution in [2.45, 2.75) is 26.7 Å². The van der Waals surface area contributed by atoms with E-state index in [1.807, 2.05) is 6.07 Å². The minimum atomic E-state index is 0.0923. The highest BCUT2D eigenvalue weighted by Gasteiger charge is 2.30. The van der Waals surface area contributed by atoms with E-state index in [0.717, 1.165) is 43.0 Å². The van der Waals surface area contributed by atoms with Crippen molar-refractivity contribution in [3.8, 4) is 5.75 Å². The monoisotopic (exact) mass is 300 g/mol. The van der Waals surface area contributed by atoms with Crippen molar-refractivity contribution in [1.82, 2.24) is 10.2 Å². The number of hydrogen-bond donors (Lipinski definition) is 1. The second-order valence-electron chi connectivity index (χ2n) is 6.45. The van der Waals surface area contributed by atoms with Gasteiger partial charge in [0, 0.05) is 30.8 Å². The number of carbonyl (C=O) groups excluding carboxylic acids is 1. The maximum Gasteiger partial charge on any atom is 0.249 e. The number of nitrogens with zero attached hydrogens (tertiary/aromatic N) is 1. The smallest absolute Gasteiger partial charge is 0.249 e. The normalized spacial score (nSPS) is 17.8. The van der Waals surface area contributed by atoms with Gasteiger partial charge in [-0.15, -0.1) is 0 Å². The van der Waals surface area contributed by atoms with Crippen LogP contribution < -0.4 is 10.1 Å². The van der Waals surface area contributed by atoms with Gasteiger partial charge in [-0.1, -0.05) is 19.9 Å². The fraction of sp³-hybridized carbons (Fsp3) is 0.500. The maximum atomic E-state index is 12.4. The lowest BCUT2D eigenvalue weighted by Crippen LogP contribution is -2.31. The summed E-state index contributed by atoms with van der Waals surface area (Å²) in [5.41, 5.74) is 4.52. The van der Waals surface area contributed by atoms with Gasteiger partial charge in [0.05, 0.1) is 12.8 Å².